The van der Waals surface area contributed by atoms with Crippen molar-refractivity contribution in [3.63, 3.8) is 0 Å². The average molecular weight is 277 g/mol. The maximum atomic E-state index is 9.90. The van der Waals surface area contributed by atoms with E-state index in [2.05, 4.69) is 5.73 Å². The van der Waals surface area contributed by atoms with E-state index in [0.717, 1.165) is 0 Å². The van der Waals surface area contributed by atoms with Crippen LogP contribution in [0.5, 0.6) is 0 Å². The van der Waals surface area contributed by atoms with Gasteiger partial charge in [-0.15, -0.1) is 0 Å². The Hall–Kier alpha value is -2.68. The third-order valence-electron chi connectivity index (χ3n) is 1.05. The van der Waals surface area contributed by atoms with E-state index >= 15 is 0 Å². The van der Waals surface area contributed by atoms with Gasteiger partial charge < -0.3 is 26.2 Å². The van der Waals surface area contributed by atoms with E-state index in [1.54, 1.807) is 0 Å². The Morgan fingerprint density at radius 3 is 1.21 bits per heavy atom. The number of rotatable bonds is 4. The number of nitrogens with two attached hydrogens (primary N) is 1. The second kappa shape index (κ2) is 13.4. The molecule has 0 unspecified atom stereocenters. The van der Waals surface area contributed by atoms with Crippen molar-refractivity contribution in [3.8, 4) is 0 Å². The van der Waals surface area contributed by atoms with Crippen molar-refractivity contribution < 1.29 is 39.6 Å². The van der Waals surface area contributed by atoms with Gasteiger partial charge in [-0.1, -0.05) is 0 Å². The molecule has 0 fully saturated rings. The predicted molar refractivity (Wildman–Crippen MR) is 63.6 cm³/mol. The molecule has 6 N–H and O–H groups in total. The molecule has 9 heteroatoms. The molecule has 0 radical (unpaired) electrons. The zero-order chi connectivity index (χ0) is 16.0. The normalized spacial score (nSPS) is 9.53. The van der Waals surface area contributed by atoms with Crippen molar-refractivity contribution in [3.05, 3.63) is 23.8 Å². The minimum atomic E-state index is -1.26. The minimum Gasteiger partial charge on any atom is -0.478 e. The molecule has 0 aromatic rings. The highest BCUT2D eigenvalue weighted by Gasteiger charge is 2.00. The Kier molecular flexibility index (Phi) is 15.2. The van der Waals surface area contributed by atoms with Gasteiger partial charge in [0.15, 0.2) is 0 Å². The van der Waals surface area contributed by atoms with E-state index in [1.807, 2.05) is 0 Å². The first-order valence-electron chi connectivity index (χ1n) is 4.53. The van der Waals surface area contributed by atoms with Crippen molar-refractivity contribution in [2.75, 3.05) is 7.05 Å². The van der Waals surface area contributed by atoms with Gasteiger partial charge >= 0.3 is 23.9 Å². The standard InChI is InChI=1S/C5H6O4.C4H4O4.CH5N/c1-3(5(8)9)2-4(6)7;5-3(6)1-2-4(7)8;1-2/h2H,1H3,(H,6,7)(H,8,9);1-2H,(H,5,6)(H,7,8);2H2,1H3/b3-2+;2-1+;. The van der Waals surface area contributed by atoms with E-state index in [4.69, 9.17) is 20.4 Å². The summed E-state index contributed by atoms with van der Waals surface area (Å²) in [5, 5.41) is 31.7. The highest BCUT2D eigenvalue weighted by atomic mass is 16.4. The van der Waals surface area contributed by atoms with Crippen LogP contribution in [0.3, 0.4) is 0 Å². The van der Waals surface area contributed by atoms with Gasteiger partial charge in [0.1, 0.15) is 0 Å². The maximum absolute atomic E-state index is 9.90. The average Bonchev–Trinajstić information content (AvgIpc) is 2.29. The maximum Gasteiger partial charge on any atom is 0.331 e. The van der Waals surface area contributed by atoms with E-state index in [9.17, 15) is 19.2 Å². The van der Waals surface area contributed by atoms with Gasteiger partial charge in [-0.05, 0) is 14.0 Å². The molecule has 9 nitrogen and oxygen atoms in total. The number of hydrogen-bond donors (Lipinski definition) is 5. The summed E-state index contributed by atoms with van der Waals surface area (Å²) >= 11 is 0. The van der Waals surface area contributed by atoms with Crippen LogP contribution in [0.4, 0.5) is 0 Å². The Balaban J connectivity index is -0.000000239. The zero-order valence-corrected chi connectivity index (χ0v) is 10.2. The van der Waals surface area contributed by atoms with Crippen LogP contribution in [0, 0.1) is 0 Å². The Morgan fingerprint density at radius 1 is 0.789 bits per heavy atom. The van der Waals surface area contributed by atoms with Crippen LogP contribution >= 0.6 is 0 Å². The number of aliphatic carboxylic acids is 4. The van der Waals surface area contributed by atoms with E-state index < -0.39 is 23.9 Å². The highest BCUT2D eigenvalue weighted by Crippen LogP contribution is 1.89. The molecular weight excluding hydrogens is 262 g/mol. The van der Waals surface area contributed by atoms with Gasteiger partial charge in [0, 0.05) is 23.8 Å². The molecule has 0 aromatic carbocycles. The topological polar surface area (TPSA) is 175 Å². The molecular formula is C10H15NO8. The van der Waals surface area contributed by atoms with Gasteiger partial charge in [-0.25, -0.2) is 19.2 Å². The summed E-state index contributed by atoms with van der Waals surface area (Å²) in [7, 11) is 1.50. The van der Waals surface area contributed by atoms with Crippen LogP contribution in [-0.4, -0.2) is 51.4 Å². The first kappa shape index (κ1) is 21.6. The summed E-state index contributed by atoms with van der Waals surface area (Å²) in [5.74, 6) is -4.97. The molecule has 108 valence electrons. The Labute approximate surface area is 108 Å². The highest BCUT2D eigenvalue weighted by molar-refractivity contribution is 5.94. The van der Waals surface area contributed by atoms with Crippen LogP contribution in [0.2, 0.25) is 0 Å². The Morgan fingerprint density at radius 2 is 1.11 bits per heavy atom. The second-order valence-electron chi connectivity index (χ2n) is 2.48. The molecule has 0 rings (SSSR count). The smallest absolute Gasteiger partial charge is 0.331 e. The second-order valence-corrected chi connectivity index (χ2v) is 2.48. The van der Waals surface area contributed by atoms with Crippen molar-refractivity contribution in [2.24, 2.45) is 5.73 Å². The van der Waals surface area contributed by atoms with Gasteiger partial charge in [0.2, 0.25) is 0 Å². The monoisotopic (exact) mass is 277 g/mol. The van der Waals surface area contributed by atoms with Crippen molar-refractivity contribution in [2.45, 2.75) is 6.92 Å². The minimum absolute atomic E-state index is 0.178. The summed E-state index contributed by atoms with van der Waals surface area (Å²) in [6.07, 6.45) is 1.76. The fraction of sp³-hybridized carbons (Fsp3) is 0.200. The third-order valence-corrected chi connectivity index (χ3v) is 1.05. The summed E-state index contributed by atoms with van der Waals surface area (Å²) < 4.78 is 0. The van der Waals surface area contributed by atoms with Crippen molar-refractivity contribution >= 4 is 23.9 Å². The Bertz CT molecular complexity index is 367. The molecule has 0 saturated heterocycles. The zero-order valence-electron chi connectivity index (χ0n) is 10.2. The van der Waals surface area contributed by atoms with Crippen LogP contribution in [-0.2, 0) is 19.2 Å². The molecule has 0 aromatic heterocycles. The van der Waals surface area contributed by atoms with Crippen LogP contribution in [0.15, 0.2) is 23.8 Å². The first-order chi connectivity index (χ1) is 8.66. The van der Waals surface area contributed by atoms with Crippen LogP contribution in [0.1, 0.15) is 6.92 Å². The lowest BCUT2D eigenvalue weighted by atomic mass is 10.3. The lowest BCUT2D eigenvalue weighted by Crippen LogP contribution is -1.99. The summed E-state index contributed by atoms with van der Waals surface area (Å²) in [5.41, 5.74) is 4.32. The van der Waals surface area contributed by atoms with Gasteiger partial charge in [-0.2, -0.15) is 0 Å². The lowest BCUT2D eigenvalue weighted by molar-refractivity contribution is -0.135. The summed E-state index contributed by atoms with van der Waals surface area (Å²) in [6, 6.07) is 0. The SMILES string of the molecule is C/C(=C\C(=O)O)C(=O)O.CN.O=C(O)/C=C/C(=O)O. The number of carbonyl (C=O) groups is 4. The van der Waals surface area contributed by atoms with E-state index in [-0.39, 0.29) is 5.57 Å². The lowest BCUT2D eigenvalue weighted by Gasteiger charge is -1.86. The molecule has 0 aliphatic rings. The fourth-order valence-electron chi connectivity index (χ4n) is 0.390. The van der Waals surface area contributed by atoms with Crippen molar-refractivity contribution in [1.29, 1.82) is 0 Å². The summed E-state index contributed by atoms with van der Waals surface area (Å²) in [6.45, 7) is 1.22. The van der Waals surface area contributed by atoms with Crippen LogP contribution in [0.25, 0.3) is 0 Å². The predicted octanol–water partition coefficient (Wildman–Crippen LogP) is -0.611. The molecule has 0 atom stereocenters. The number of hydrogen-bond acceptors (Lipinski definition) is 5. The molecule has 0 spiro atoms. The number of carboxylic acid groups (broad SMARTS) is 4. The molecule has 0 aliphatic carbocycles. The molecule has 0 heterocycles. The number of carboxylic acids is 4. The molecule has 0 saturated carbocycles. The fourth-order valence-corrected chi connectivity index (χ4v) is 0.390. The van der Waals surface area contributed by atoms with Gasteiger partial charge in [-0.3, -0.25) is 0 Å². The quantitative estimate of drug-likeness (QED) is 0.419. The molecule has 19 heavy (non-hydrogen) atoms. The molecule has 0 bridgehead atoms. The van der Waals surface area contributed by atoms with E-state index in [1.165, 1.54) is 14.0 Å². The van der Waals surface area contributed by atoms with Crippen LogP contribution < -0.4 is 5.73 Å². The molecule has 0 aliphatic heterocycles. The van der Waals surface area contributed by atoms with Gasteiger partial charge in [0.25, 0.3) is 0 Å². The van der Waals surface area contributed by atoms with Gasteiger partial charge in [0.05, 0.1) is 0 Å². The van der Waals surface area contributed by atoms with Crippen molar-refractivity contribution in [1.82, 2.24) is 0 Å². The van der Waals surface area contributed by atoms with E-state index in [0.29, 0.717) is 18.2 Å². The molecule has 0 amide bonds. The largest absolute Gasteiger partial charge is 0.478 e. The summed E-state index contributed by atoms with van der Waals surface area (Å²) in [4.78, 5) is 38.8. The third kappa shape index (κ3) is 25.5. The first-order valence-corrected chi connectivity index (χ1v) is 4.53.